The molecule has 0 fully saturated rings. The zero-order valence-electron chi connectivity index (χ0n) is 12.6. The lowest BCUT2D eigenvalue weighted by atomic mass is 10.2. The summed E-state index contributed by atoms with van der Waals surface area (Å²) in [6.07, 6.45) is 0. The molecular weight excluding hydrogens is 300 g/mol. The highest BCUT2D eigenvalue weighted by atomic mass is 32.2. The van der Waals surface area contributed by atoms with Crippen LogP contribution in [0.5, 0.6) is 0 Å². The second-order valence-electron chi connectivity index (χ2n) is 4.53. The predicted molar refractivity (Wildman–Crippen MR) is 86.7 cm³/mol. The molecule has 116 valence electrons. The van der Waals surface area contributed by atoms with Gasteiger partial charge in [-0.3, -0.25) is 14.6 Å². The van der Waals surface area contributed by atoms with Crippen molar-refractivity contribution >= 4 is 17.7 Å². The second-order valence-corrected chi connectivity index (χ2v) is 5.49. The number of aromatic nitrogens is 3. The number of rotatable bonds is 6. The van der Waals surface area contributed by atoms with Gasteiger partial charge in [-0.05, 0) is 13.8 Å². The van der Waals surface area contributed by atoms with E-state index in [1.54, 1.807) is 17.0 Å². The van der Waals surface area contributed by atoms with Gasteiger partial charge in [-0.2, -0.15) is 0 Å². The lowest BCUT2D eigenvalue weighted by Crippen LogP contribution is -2.32. The Kier molecular flexibility index (Phi) is 5.71. The van der Waals surface area contributed by atoms with Crippen LogP contribution in [-0.4, -0.2) is 44.8 Å². The number of amides is 1. The van der Waals surface area contributed by atoms with Crippen LogP contribution in [-0.2, 0) is 4.79 Å². The minimum atomic E-state index is -0.306. The molecule has 0 radical (unpaired) electrons. The quantitative estimate of drug-likeness (QED) is 0.822. The second kappa shape index (κ2) is 7.74. The molecule has 0 saturated heterocycles. The van der Waals surface area contributed by atoms with Gasteiger partial charge in [-0.25, -0.2) is 0 Å². The fourth-order valence-electron chi connectivity index (χ4n) is 1.97. The number of carbonyl (C=O) groups is 1. The molecule has 0 bridgehead atoms. The van der Waals surface area contributed by atoms with Crippen LogP contribution in [0.25, 0.3) is 11.3 Å². The van der Waals surface area contributed by atoms with Crippen molar-refractivity contribution in [3.63, 3.8) is 0 Å². The fourth-order valence-corrected chi connectivity index (χ4v) is 2.68. The zero-order valence-corrected chi connectivity index (χ0v) is 13.4. The third-order valence-electron chi connectivity index (χ3n) is 3.17. The number of nitrogens with one attached hydrogen (secondary N) is 1. The van der Waals surface area contributed by atoms with E-state index in [0.29, 0.717) is 23.8 Å². The summed E-state index contributed by atoms with van der Waals surface area (Å²) in [6.45, 7) is 5.21. The molecule has 1 aromatic heterocycles. The summed E-state index contributed by atoms with van der Waals surface area (Å²) in [7, 11) is 0. The number of thioether (sulfide) groups is 1. The number of benzene rings is 1. The molecule has 0 spiro atoms. The Morgan fingerprint density at radius 1 is 1.18 bits per heavy atom. The maximum absolute atomic E-state index is 12.1. The minimum absolute atomic E-state index is 0.0183. The average molecular weight is 318 g/mol. The summed E-state index contributed by atoms with van der Waals surface area (Å²) in [5.74, 6) is 0.251. The van der Waals surface area contributed by atoms with Gasteiger partial charge in [0.1, 0.15) is 0 Å². The van der Waals surface area contributed by atoms with Crippen LogP contribution >= 0.6 is 11.8 Å². The molecule has 6 nitrogen and oxygen atoms in total. The topological polar surface area (TPSA) is 79.0 Å². The molecule has 1 amide bonds. The van der Waals surface area contributed by atoms with Crippen LogP contribution in [0.4, 0.5) is 0 Å². The van der Waals surface area contributed by atoms with Gasteiger partial charge >= 0.3 is 0 Å². The van der Waals surface area contributed by atoms with Crippen molar-refractivity contribution in [1.82, 2.24) is 20.1 Å². The Morgan fingerprint density at radius 3 is 2.45 bits per heavy atom. The van der Waals surface area contributed by atoms with E-state index in [2.05, 4.69) is 15.2 Å². The minimum Gasteiger partial charge on any atom is -0.343 e. The van der Waals surface area contributed by atoms with Crippen molar-refractivity contribution in [3.8, 4) is 11.3 Å². The fraction of sp³-hybridized carbons (Fsp3) is 0.333. The third kappa shape index (κ3) is 3.94. The standard InChI is InChI=1S/C15H18N4O2S/c1-3-19(4-2)12(20)10-22-15-16-14(21)13(17-18-15)11-8-6-5-7-9-11/h5-9H,3-4,10H2,1-2H3,(H,16,18,21). The molecule has 0 atom stereocenters. The van der Waals surface area contributed by atoms with Crippen molar-refractivity contribution in [2.24, 2.45) is 0 Å². The highest BCUT2D eigenvalue weighted by Crippen LogP contribution is 2.14. The number of hydrogen-bond donors (Lipinski definition) is 1. The van der Waals surface area contributed by atoms with Crippen LogP contribution in [0.2, 0.25) is 0 Å². The largest absolute Gasteiger partial charge is 0.343 e. The number of carbonyl (C=O) groups excluding carboxylic acids is 1. The molecule has 1 aromatic carbocycles. The maximum Gasteiger partial charge on any atom is 0.278 e. The molecule has 1 heterocycles. The number of nitrogens with zero attached hydrogens (tertiary/aromatic N) is 3. The number of H-pyrrole nitrogens is 1. The highest BCUT2D eigenvalue weighted by molar-refractivity contribution is 7.99. The molecular formula is C15H18N4O2S. The van der Waals surface area contributed by atoms with E-state index in [4.69, 9.17) is 0 Å². The molecule has 0 saturated carbocycles. The Labute approximate surface area is 133 Å². The van der Waals surface area contributed by atoms with Gasteiger partial charge in [0, 0.05) is 18.7 Å². The smallest absolute Gasteiger partial charge is 0.278 e. The Morgan fingerprint density at radius 2 is 1.86 bits per heavy atom. The van der Waals surface area contributed by atoms with Gasteiger partial charge in [-0.1, -0.05) is 42.1 Å². The van der Waals surface area contributed by atoms with E-state index in [0.717, 1.165) is 0 Å². The zero-order chi connectivity index (χ0) is 15.9. The molecule has 2 aromatic rings. The molecule has 22 heavy (non-hydrogen) atoms. The normalized spacial score (nSPS) is 10.5. The van der Waals surface area contributed by atoms with Crippen molar-refractivity contribution in [2.45, 2.75) is 19.0 Å². The van der Waals surface area contributed by atoms with E-state index < -0.39 is 0 Å². The summed E-state index contributed by atoms with van der Waals surface area (Å²) in [5, 5.41) is 8.31. The van der Waals surface area contributed by atoms with Crippen molar-refractivity contribution < 1.29 is 4.79 Å². The SMILES string of the molecule is CCN(CC)C(=O)CSc1nnc(-c2ccccc2)c(=O)[nH]1. The van der Waals surface area contributed by atoms with E-state index >= 15 is 0 Å². The molecule has 7 heteroatoms. The monoisotopic (exact) mass is 318 g/mol. The summed E-state index contributed by atoms with van der Waals surface area (Å²) >= 11 is 1.19. The Balaban J connectivity index is 2.07. The van der Waals surface area contributed by atoms with Gasteiger partial charge in [-0.15, -0.1) is 10.2 Å². The number of hydrogen-bond acceptors (Lipinski definition) is 5. The van der Waals surface area contributed by atoms with Crippen molar-refractivity contribution in [2.75, 3.05) is 18.8 Å². The molecule has 2 rings (SSSR count). The lowest BCUT2D eigenvalue weighted by Gasteiger charge is -2.17. The molecule has 0 aliphatic rings. The van der Waals surface area contributed by atoms with Crippen molar-refractivity contribution in [3.05, 3.63) is 40.7 Å². The first kappa shape index (κ1) is 16.2. The van der Waals surface area contributed by atoms with Gasteiger partial charge in [0.2, 0.25) is 5.91 Å². The highest BCUT2D eigenvalue weighted by Gasteiger charge is 2.12. The summed E-state index contributed by atoms with van der Waals surface area (Å²) in [4.78, 5) is 28.4. The first-order valence-corrected chi connectivity index (χ1v) is 8.07. The van der Waals surface area contributed by atoms with Crippen LogP contribution in [0, 0.1) is 0 Å². The molecule has 1 N–H and O–H groups in total. The predicted octanol–water partition coefficient (Wildman–Crippen LogP) is 1.79. The molecule has 0 aliphatic carbocycles. The maximum atomic E-state index is 12.1. The van der Waals surface area contributed by atoms with Crippen LogP contribution in [0.1, 0.15) is 13.8 Å². The Hall–Kier alpha value is -2.15. The van der Waals surface area contributed by atoms with Gasteiger partial charge in [0.05, 0.1) is 5.75 Å². The van der Waals surface area contributed by atoms with E-state index in [1.165, 1.54) is 11.8 Å². The van der Waals surface area contributed by atoms with Crippen LogP contribution in [0.15, 0.2) is 40.3 Å². The third-order valence-corrected chi connectivity index (χ3v) is 4.02. The van der Waals surface area contributed by atoms with Crippen LogP contribution in [0.3, 0.4) is 0 Å². The average Bonchev–Trinajstić information content (AvgIpc) is 2.55. The molecule has 0 unspecified atom stereocenters. The lowest BCUT2D eigenvalue weighted by molar-refractivity contribution is -0.127. The van der Waals surface area contributed by atoms with Gasteiger partial charge < -0.3 is 4.90 Å². The summed E-state index contributed by atoms with van der Waals surface area (Å²) in [6, 6.07) is 9.14. The van der Waals surface area contributed by atoms with Gasteiger partial charge in [0.15, 0.2) is 10.9 Å². The summed E-state index contributed by atoms with van der Waals surface area (Å²) in [5.41, 5.74) is 0.686. The van der Waals surface area contributed by atoms with E-state index in [1.807, 2.05) is 32.0 Å². The number of aromatic amines is 1. The first-order valence-electron chi connectivity index (χ1n) is 7.08. The Bertz CT molecular complexity index is 683. The molecule has 0 aliphatic heterocycles. The van der Waals surface area contributed by atoms with Crippen LogP contribution < -0.4 is 5.56 Å². The van der Waals surface area contributed by atoms with Gasteiger partial charge in [0.25, 0.3) is 5.56 Å². The van der Waals surface area contributed by atoms with Crippen molar-refractivity contribution in [1.29, 1.82) is 0 Å². The van der Waals surface area contributed by atoms with E-state index in [9.17, 15) is 9.59 Å². The first-order chi connectivity index (χ1) is 10.7. The summed E-state index contributed by atoms with van der Waals surface area (Å²) < 4.78 is 0. The van der Waals surface area contributed by atoms with E-state index in [-0.39, 0.29) is 22.9 Å².